The first-order chi connectivity index (χ1) is 14.7. The minimum atomic E-state index is -1.02. The molecule has 5 N–H and O–H groups in total. The zero-order valence-corrected chi connectivity index (χ0v) is 17.7. The van der Waals surface area contributed by atoms with Crippen LogP contribution in [0.3, 0.4) is 0 Å². The van der Waals surface area contributed by atoms with E-state index in [-0.39, 0.29) is 12.3 Å². The molecule has 9 nitrogen and oxygen atoms in total. The predicted octanol–water partition coefficient (Wildman–Crippen LogP) is 2.00. The van der Waals surface area contributed by atoms with Crippen molar-refractivity contribution in [3.63, 3.8) is 0 Å². The molecule has 1 unspecified atom stereocenters. The summed E-state index contributed by atoms with van der Waals surface area (Å²) in [6.07, 6.45) is 0.186. The number of carbonyl (C=O) groups excluding carboxylic acids is 1. The summed E-state index contributed by atoms with van der Waals surface area (Å²) < 4.78 is 10.2. The Morgan fingerprint density at radius 3 is 2.10 bits per heavy atom. The summed E-state index contributed by atoms with van der Waals surface area (Å²) in [5.74, 6) is -1.15. The van der Waals surface area contributed by atoms with Crippen LogP contribution in [0.25, 0.3) is 0 Å². The van der Waals surface area contributed by atoms with Gasteiger partial charge in [0.15, 0.2) is 11.5 Å². The summed E-state index contributed by atoms with van der Waals surface area (Å²) in [6, 6.07) is 12.9. The number of carbonyl (C=O) groups is 3. The second kappa shape index (κ2) is 12.9. The van der Waals surface area contributed by atoms with Crippen LogP contribution in [-0.2, 0) is 20.8 Å². The van der Waals surface area contributed by atoms with Crippen molar-refractivity contribution < 1.29 is 34.1 Å². The van der Waals surface area contributed by atoms with Crippen LogP contribution in [0.5, 0.6) is 11.5 Å². The average molecular weight is 432 g/mol. The highest BCUT2D eigenvalue weighted by molar-refractivity contribution is 5.82. The molecule has 0 bridgehead atoms. The number of carboxylic acids is 2. The van der Waals surface area contributed by atoms with E-state index in [9.17, 15) is 14.4 Å². The SMILES string of the molecule is CC(=O)N[C@@H](Cc1ccccc1)C(=O)O.COc1ccc(C(N)CC(=O)O)cc1OC. The summed E-state index contributed by atoms with van der Waals surface area (Å²) in [5.41, 5.74) is 7.33. The van der Waals surface area contributed by atoms with Gasteiger partial charge in [-0.3, -0.25) is 9.59 Å². The number of hydrogen-bond donors (Lipinski definition) is 4. The topological polar surface area (TPSA) is 148 Å². The van der Waals surface area contributed by atoms with Gasteiger partial charge in [0, 0.05) is 19.4 Å². The van der Waals surface area contributed by atoms with E-state index in [0.29, 0.717) is 23.5 Å². The lowest BCUT2D eigenvalue weighted by Crippen LogP contribution is -2.41. The average Bonchev–Trinajstić information content (AvgIpc) is 2.73. The fraction of sp³-hybridized carbons (Fsp3) is 0.318. The number of nitrogens with two attached hydrogens (primary N) is 1. The van der Waals surface area contributed by atoms with Gasteiger partial charge in [-0.05, 0) is 23.3 Å². The van der Waals surface area contributed by atoms with Crippen LogP contribution >= 0.6 is 0 Å². The van der Waals surface area contributed by atoms with Crippen molar-refractivity contribution in [2.45, 2.75) is 31.8 Å². The maximum absolute atomic E-state index is 10.8. The van der Waals surface area contributed by atoms with Crippen molar-refractivity contribution in [2.24, 2.45) is 5.73 Å². The highest BCUT2D eigenvalue weighted by Crippen LogP contribution is 2.30. The van der Waals surface area contributed by atoms with Gasteiger partial charge >= 0.3 is 11.9 Å². The van der Waals surface area contributed by atoms with Crippen molar-refractivity contribution in [3.05, 3.63) is 59.7 Å². The predicted molar refractivity (Wildman–Crippen MR) is 114 cm³/mol. The summed E-state index contributed by atoms with van der Waals surface area (Å²) in [5, 5.41) is 19.9. The Hall–Kier alpha value is -3.59. The van der Waals surface area contributed by atoms with E-state index in [2.05, 4.69) is 5.32 Å². The molecule has 31 heavy (non-hydrogen) atoms. The van der Waals surface area contributed by atoms with Crippen molar-refractivity contribution in [1.29, 1.82) is 0 Å². The van der Waals surface area contributed by atoms with E-state index in [4.69, 9.17) is 25.4 Å². The van der Waals surface area contributed by atoms with Gasteiger partial charge in [0.05, 0.1) is 20.6 Å². The van der Waals surface area contributed by atoms with Gasteiger partial charge in [0.1, 0.15) is 6.04 Å². The van der Waals surface area contributed by atoms with Gasteiger partial charge in [-0.25, -0.2) is 4.79 Å². The molecule has 0 aliphatic carbocycles. The molecule has 0 heterocycles. The molecule has 0 fully saturated rings. The van der Waals surface area contributed by atoms with Crippen LogP contribution in [0.1, 0.15) is 30.5 Å². The number of methoxy groups -OCH3 is 2. The third kappa shape index (κ3) is 9.18. The first-order valence-electron chi connectivity index (χ1n) is 9.41. The Morgan fingerprint density at radius 2 is 1.61 bits per heavy atom. The van der Waals surface area contributed by atoms with Gasteiger partial charge in [0.2, 0.25) is 5.91 Å². The van der Waals surface area contributed by atoms with E-state index in [1.165, 1.54) is 21.1 Å². The Labute approximate surface area is 180 Å². The quantitative estimate of drug-likeness (QED) is 0.470. The first kappa shape index (κ1) is 25.4. The molecular weight excluding hydrogens is 404 g/mol. The van der Waals surface area contributed by atoms with E-state index in [1.54, 1.807) is 18.2 Å². The Bertz CT molecular complexity index is 871. The minimum Gasteiger partial charge on any atom is -0.493 e. The Kier molecular flexibility index (Phi) is 10.6. The van der Waals surface area contributed by atoms with Gasteiger partial charge in [-0.2, -0.15) is 0 Å². The first-order valence-corrected chi connectivity index (χ1v) is 9.41. The van der Waals surface area contributed by atoms with Crippen LogP contribution in [-0.4, -0.2) is 48.3 Å². The maximum atomic E-state index is 10.8. The number of amides is 1. The third-order valence-corrected chi connectivity index (χ3v) is 4.19. The Morgan fingerprint density at radius 1 is 1.00 bits per heavy atom. The number of rotatable bonds is 9. The normalized spacial score (nSPS) is 11.9. The van der Waals surface area contributed by atoms with Crippen molar-refractivity contribution in [3.8, 4) is 11.5 Å². The van der Waals surface area contributed by atoms with Crippen molar-refractivity contribution in [1.82, 2.24) is 5.32 Å². The number of ether oxygens (including phenoxy) is 2. The molecule has 2 aromatic carbocycles. The van der Waals surface area contributed by atoms with Crippen LogP contribution in [0.2, 0.25) is 0 Å². The number of carboxylic acid groups (broad SMARTS) is 2. The standard InChI is InChI=1S/C11H15NO4.C11H13NO3/c1-15-9-4-3-7(5-10(9)16-2)8(12)6-11(13)14;1-8(13)12-10(11(14)15)7-9-5-3-2-4-6-9/h3-5,8H,6,12H2,1-2H3,(H,13,14);2-6,10H,7H2,1H3,(H,12,13)(H,14,15)/t;10-/m.0/s1. The summed E-state index contributed by atoms with van der Waals surface area (Å²) in [7, 11) is 3.05. The van der Waals surface area contributed by atoms with Gasteiger partial charge in [-0.15, -0.1) is 0 Å². The van der Waals surface area contributed by atoms with Crippen LogP contribution < -0.4 is 20.5 Å². The van der Waals surface area contributed by atoms with Gasteiger partial charge in [-0.1, -0.05) is 36.4 Å². The maximum Gasteiger partial charge on any atom is 0.326 e. The monoisotopic (exact) mass is 432 g/mol. The lowest BCUT2D eigenvalue weighted by molar-refractivity contribution is -0.141. The molecule has 0 saturated heterocycles. The molecule has 168 valence electrons. The van der Waals surface area contributed by atoms with Crippen LogP contribution in [0.15, 0.2) is 48.5 Å². The zero-order chi connectivity index (χ0) is 23.4. The summed E-state index contributed by atoms with van der Waals surface area (Å²) >= 11 is 0. The highest BCUT2D eigenvalue weighted by Gasteiger charge is 2.18. The molecule has 0 aliphatic heterocycles. The smallest absolute Gasteiger partial charge is 0.326 e. The zero-order valence-electron chi connectivity index (χ0n) is 17.7. The number of hydrogen-bond acceptors (Lipinski definition) is 6. The van der Waals surface area contributed by atoms with Crippen molar-refractivity contribution >= 4 is 17.8 Å². The summed E-state index contributed by atoms with van der Waals surface area (Å²) in [6.45, 7) is 1.31. The third-order valence-electron chi connectivity index (χ3n) is 4.19. The fourth-order valence-corrected chi connectivity index (χ4v) is 2.68. The van der Waals surface area contributed by atoms with E-state index < -0.39 is 24.0 Å². The molecule has 0 spiro atoms. The second-order valence-electron chi connectivity index (χ2n) is 6.60. The van der Waals surface area contributed by atoms with Crippen LogP contribution in [0.4, 0.5) is 0 Å². The molecule has 2 rings (SSSR count). The van der Waals surface area contributed by atoms with Gasteiger partial charge < -0.3 is 30.7 Å². The lowest BCUT2D eigenvalue weighted by atomic mass is 10.0. The van der Waals surface area contributed by atoms with Crippen molar-refractivity contribution in [2.75, 3.05) is 14.2 Å². The fourth-order valence-electron chi connectivity index (χ4n) is 2.68. The molecule has 0 aliphatic rings. The number of benzene rings is 2. The molecular formula is C22H28N2O7. The van der Waals surface area contributed by atoms with Gasteiger partial charge in [0.25, 0.3) is 0 Å². The number of nitrogens with one attached hydrogen (secondary N) is 1. The molecule has 0 radical (unpaired) electrons. The van der Waals surface area contributed by atoms with Crippen LogP contribution in [0, 0.1) is 0 Å². The molecule has 2 aromatic rings. The minimum absolute atomic E-state index is 0.116. The number of aliphatic carboxylic acids is 2. The Balaban J connectivity index is 0.000000311. The largest absolute Gasteiger partial charge is 0.493 e. The summed E-state index contributed by atoms with van der Waals surface area (Å²) in [4.78, 5) is 32.1. The molecule has 2 atom stereocenters. The van der Waals surface area contributed by atoms with E-state index >= 15 is 0 Å². The lowest BCUT2D eigenvalue weighted by Gasteiger charge is -2.13. The molecule has 0 saturated carbocycles. The molecule has 0 aromatic heterocycles. The highest BCUT2D eigenvalue weighted by atomic mass is 16.5. The second-order valence-corrected chi connectivity index (χ2v) is 6.60. The van der Waals surface area contributed by atoms with E-state index in [1.807, 2.05) is 30.3 Å². The van der Waals surface area contributed by atoms with E-state index in [0.717, 1.165) is 5.56 Å². The molecule has 9 heteroatoms. The molecule has 1 amide bonds.